The average Bonchev–Trinajstić information content (AvgIpc) is 1.85. The summed E-state index contributed by atoms with van der Waals surface area (Å²) < 4.78 is 0.379. The molecule has 0 spiro atoms. The van der Waals surface area contributed by atoms with Gasteiger partial charge in [0, 0.05) is 0 Å². The summed E-state index contributed by atoms with van der Waals surface area (Å²) in [6, 6.07) is 0. The molecule has 0 atom stereocenters. The Morgan fingerprint density at radius 2 is 1.67 bits per heavy atom. The van der Waals surface area contributed by atoms with Crippen molar-refractivity contribution in [3.63, 3.8) is 0 Å². The van der Waals surface area contributed by atoms with E-state index < -0.39 is 0 Å². The van der Waals surface area contributed by atoms with Crippen molar-refractivity contribution < 1.29 is 0 Å². The molecule has 0 rings (SSSR count). The summed E-state index contributed by atoms with van der Waals surface area (Å²) in [6.07, 6.45) is 0.866. The summed E-state index contributed by atoms with van der Waals surface area (Å²) in [5.74, 6) is 0. The number of allylic oxidation sites excluding steroid dienone is 2. The average molecular weight is 207 g/mol. The van der Waals surface area contributed by atoms with Gasteiger partial charge in [0.25, 0.3) is 0 Å². The van der Waals surface area contributed by atoms with Crippen molar-refractivity contribution in [1.29, 1.82) is 0 Å². The summed E-state index contributed by atoms with van der Waals surface area (Å²) in [6.45, 7) is 12.2. The molecule has 0 unspecified atom stereocenters. The Morgan fingerprint density at radius 3 is 1.92 bits per heavy atom. The SMILES string of the molecule is C=C(C)C(C)(C)CC(C)=C(Cl)Cl. The predicted molar refractivity (Wildman–Crippen MR) is 57.6 cm³/mol. The molecule has 12 heavy (non-hydrogen) atoms. The van der Waals surface area contributed by atoms with Gasteiger partial charge in [-0.05, 0) is 31.3 Å². The monoisotopic (exact) mass is 206 g/mol. The van der Waals surface area contributed by atoms with Crippen molar-refractivity contribution in [2.75, 3.05) is 0 Å². The molecule has 0 bridgehead atoms. The standard InChI is InChI=1S/C10H16Cl2/c1-7(2)10(4,5)6-8(3)9(11)12/h1,6H2,2-5H3. The number of halogens is 2. The molecule has 0 saturated heterocycles. The van der Waals surface area contributed by atoms with Gasteiger partial charge in [-0.2, -0.15) is 0 Å². The third-order valence-electron chi connectivity index (χ3n) is 2.19. The Balaban J connectivity index is 4.46. The fourth-order valence-electron chi connectivity index (χ4n) is 0.881. The maximum absolute atomic E-state index is 5.65. The summed E-state index contributed by atoms with van der Waals surface area (Å²) in [5, 5.41) is 0. The molecule has 0 aromatic rings. The predicted octanol–water partition coefficient (Wildman–Crippen LogP) is 4.69. The number of hydrogen-bond donors (Lipinski definition) is 0. The molecule has 0 radical (unpaired) electrons. The van der Waals surface area contributed by atoms with Crippen molar-refractivity contribution in [2.45, 2.75) is 34.1 Å². The van der Waals surface area contributed by atoms with Crippen LogP contribution in [0.3, 0.4) is 0 Å². The van der Waals surface area contributed by atoms with Crippen LogP contribution in [0, 0.1) is 5.41 Å². The third-order valence-corrected chi connectivity index (χ3v) is 2.83. The minimum Gasteiger partial charge on any atom is -0.0996 e. The summed E-state index contributed by atoms with van der Waals surface area (Å²) in [4.78, 5) is 0. The second-order valence-corrected chi connectivity index (χ2v) is 4.83. The minimum absolute atomic E-state index is 0.0825. The Labute approximate surface area is 85.3 Å². The van der Waals surface area contributed by atoms with E-state index in [1.807, 2.05) is 13.8 Å². The van der Waals surface area contributed by atoms with E-state index in [0.717, 1.165) is 17.6 Å². The lowest BCUT2D eigenvalue weighted by atomic mass is 9.81. The molecule has 0 aliphatic heterocycles. The van der Waals surface area contributed by atoms with Gasteiger partial charge in [-0.3, -0.25) is 0 Å². The highest BCUT2D eigenvalue weighted by Gasteiger charge is 2.19. The van der Waals surface area contributed by atoms with Crippen LogP contribution in [0.25, 0.3) is 0 Å². The summed E-state index contributed by atoms with van der Waals surface area (Å²) >= 11 is 11.3. The smallest absolute Gasteiger partial charge is 0.0996 e. The van der Waals surface area contributed by atoms with Gasteiger partial charge < -0.3 is 0 Å². The first kappa shape index (κ1) is 12.1. The molecule has 0 heterocycles. The molecule has 0 fully saturated rings. The quantitative estimate of drug-likeness (QED) is 0.589. The molecule has 0 aliphatic rings. The van der Waals surface area contributed by atoms with Crippen LogP contribution < -0.4 is 0 Å². The lowest BCUT2D eigenvalue weighted by Gasteiger charge is -2.25. The van der Waals surface area contributed by atoms with E-state index in [1.165, 1.54) is 0 Å². The van der Waals surface area contributed by atoms with Crippen LogP contribution in [0.5, 0.6) is 0 Å². The molecule has 2 heteroatoms. The fourth-order valence-corrected chi connectivity index (χ4v) is 1.01. The highest BCUT2D eigenvalue weighted by molar-refractivity contribution is 6.56. The van der Waals surface area contributed by atoms with Crippen LogP contribution in [0.4, 0.5) is 0 Å². The molecule has 0 nitrogen and oxygen atoms in total. The molecular formula is C10H16Cl2. The minimum atomic E-state index is 0.0825. The van der Waals surface area contributed by atoms with E-state index in [-0.39, 0.29) is 5.41 Å². The van der Waals surface area contributed by atoms with Crippen molar-refractivity contribution in [3.8, 4) is 0 Å². The Kier molecular flexibility index (Phi) is 4.36. The van der Waals surface area contributed by atoms with Crippen LogP contribution in [0.2, 0.25) is 0 Å². The highest BCUT2D eigenvalue weighted by atomic mass is 35.5. The van der Waals surface area contributed by atoms with E-state index in [1.54, 1.807) is 0 Å². The van der Waals surface area contributed by atoms with E-state index in [9.17, 15) is 0 Å². The van der Waals surface area contributed by atoms with Gasteiger partial charge in [-0.25, -0.2) is 0 Å². The number of rotatable bonds is 3. The molecule has 0 N–H and O–H groups in total. The second-order valence-electron chi connectivity index (χ2n) is 3.88. The van der Waals surface area contributed by atoms with Gasteiger partial charge in [0.1, 0.15) is 4.49 Å². The molecule has 0 saturated carbocycles. The molecule has 70 valence electrons. The zero-order valence-corrected chi connectivity index (χ0v) is 9.68. The topological polar surface area (TPSA) is 0 Å². The Morgan fingerprint density at radius 1 is 1.25 bits per heavy atom. The van der Waals surface area contributed by atoms with Gasteiger partial charge in [-0.15, -0.1) is 0 Å². The van der Waals surface area contributed by atoms with Crippen molar-refractivity contribution in [2.24, 2.45) is 5.41 Å². The molecule has 0 aliphatic carbocycles. The first-order valence-electron chi connectivity index (χ1n) is 3.94. The summed E-state index contributed by atoms with van der Waals surface area (Å²) in [7, 11) is 0. The van der Waals surface area contributed by atoms with Gasteiger partial charge in [-0.1, -0.05) is 49.2 Å². The zero-order valence-electron chi connectivity index (χ0n) is 8.17. The molecule has 0 aromatic carbocycles. The maximum atomic E-state index is 5.65. The van der Waals surface area contributed by atoms with Gasteiger partial charge in [0.2, 0.25) is 0 Å². The van der Waals surface area contributed by atoms with E-state index in [4.69, 9.17) is 23.2 Å². The first-order chi connectivity index (χ1) is 5.27. The fraction of sp³-hybridized carbons (Fsp3) is 0.600. The molecule has 0 amide bonds. The highest BCUT2D eigenvalue weighted by Crippen LogP contribution is 2.34. The second kappa shape index (κ2) is 4.34. The van der Waals surface area contributed by atoms with E-state index in [0.29, 0.717) is 4.49 Å². The van der Waals surface area contributed by atoms with Crippen LogP contribution in [-0.4, -0.2) is 0 Å². The normalized spacial score (nSPS) is 11.2. The van der Waals surface area contributed by atoms with Crippen LogP contribution in [0.15, 0.2) is 22.2 Å². The number of hydrogen-bond acceptors (Lipinski definition) is 0. The van der Waals surface area contributed by atoms with Gasteiger partial charge in [0.05, 0.1) is 0 Å². The van der Waals surface area contributed by atoms with E-state index >= 15 is 0 Å². The van der Waals surface area contributed by atoms with Crippen LogP contribution >= 0.6 is 23.2 Å². The lowest BCUT2D eigenvalue weighted by molar-refractivity contribution is 0.443. The van der Waals surface area contributed by atoms with Crippen molar-refractivity contribution in [3.05, 3.63) is 22.2 Å². The van der Waals surface area contributed by atoms with Crippen LogP contribution in [-0.2, 0) is 0 Å². The van der Waals surface area contributed by atoms with Gasteiger partial charge in [0.15, 0.2) is 0 Å². The Bertz CT molecular complexity index is 208. The molecular weight excluding hydrogens is 191 g/mol. The summed E-state index contributed by atoms with van der Waals surface area (Å²) in [5.41, 5.74) is 2.25. The largest absolute Gasteiger partial charge is 0.105 e. The third kappa shape index (κ3) is 3.64. The Hall–Kier alpha value is 0.0600. The van der Waals surface area contributed by atoms with E-state index in [2.05, 4.69) is 20.4 Å². The van der Waals surface area contributed by atoms with Gasteiger partial charge >= 0.3 is 0 Å². The van der Waals surface area contributed by atoms with Crippen molar-refractivity contribution in [1.82, 2.24) is 0 Å². The molecule has 0 aromatic heterocycles. The first-order valence-corrected chi connectivity index (χ1v) is 4.69. The maximum Gasteiger partial charge on any atom is 0.105 e. The van der Waals surface area contributed by atoms with Crippen molar-refractivity contribution >= 4 is 23.2 Å². The zero-order chi connectivity index (χ0) is 9.94. The van der Waals surface area contributed by atoms with Crippen LogP contribution in [0.1, 0.15) is 34.1 Å². The lowest BCUT2D eigenvalue weighted by Crippen LogP contribution is -2.12.